The van der Waals surface area contributed by atoms with E-state index in [1.807, 2.05) is 30.3 Å². The number of alkyl halides is 4. The molecule has 3 N–H and O–H groups in total. The average Bonchev–Trinajstić information content (AvgIpc) is 3.81. The number of sulfonamides is 1. The number of anilines is 1. The molecule has 0 spiro atoms. The Labute approximate surface area is 328 Å². The van der Waals surface area contributed by atoms with Crippen LogP contribution in [0.15, 0.2) is 84.2 Å². The number of hydrogen-bond acceptors (Lipinski definition) is 7. The molecule has 5 aromatic rings. The van der Waals surface area contributed by atoms with Gasteiger partial charge in [0.25, 0.3) is 12.3 Å². The van der Waals surface area contributed by atoms with E-state index in [-0.39, 0.29) is 40.3 Å². The fourth-order valence-electron chi connectivity index (χ4n) is 7.66. The largest absolute Gasteiger partial charge is 0.363 e. The third kappa shape index (κ3) is 7.82. The Balaban J connectivity index is 1.36. The topological polar surface area (TPSA) is 133 Å². The van der Waals surface area contributed by atoms with Crippen molar-refractivity contribution in [2.24, 2.45) is 18.9 Å². The van der Waals surface area contributed by atoms with Gasteiger partial charge in [-0.1, -0.05) is 48.0 Å². The maximum Gasteiger partial charge on any atom is 0.291 e. The molecule has 1 fully saturated rings. The average molecular weight is 830 g/mol. The Hall–Kier alpha value is -5.42. The summed E-state index contributed by atoms with van der Waals surface area (Å²) in [5.74, 6) is -8.47. The number of carbonyl (C=O) groups is 1. The number of rotatable bonds is 13. The molecular formula is C39H34ClF6N7O3S. The number of allylic oxidation sites excluding steroid dienone is 2. The summed E-state index contributed by atoms with van der Waals surface area (Å²) in [6, 6.07) is 15.6. The number of likely N-dealkylation sites (N-methyl/N-ethyl adjacent to an activating group) is 1. The summed E-state index contributed by atoms with van der Waals surface area (Å²) in [5.41, 5.74) is 0.224. The summed E-state index contributed by atoms with van der Waals surface area (Å²) in [4.78, 5) is 19.5. The van der Waals surface area contributed by atoms with E-state index in [1.165, 1.54) is 16.9 Å². The highest BCUT2D eigenvalue weighted by Gasteiger charge is 2.67. The Bertz CT molecular complexity index is 2570. The lowest BCUT2D eigenvalue weighted by atomic mass is 9.92. The first-order valence-corrected chi connectivity index (χ1v) is 19.7. The number of aryl methyl sites for hydroxylation is 1. The SMILES string of the molecule is CN(CC(=O)N[C@@H](Cc1cc(F)cc(F)c1)c1ncc(-c2ccccc2)cc1-c1ccc(Cl)c2c(NS(C)(=O)=O)nn(C)c12)C1=C(C(=N)C(F)F)[C@H]2C[C@H]2C1(F)F. The summed E-state index contributed by atoms with van der Waals surface area (Å²) < 4.78 is 116. The van der Waals surface area contributed by atoms with Crippen molar-refractivity contribution in [2.45, 2.75) is 31.2 Å². The third-order valence-corrected chi connectivity index (χ3v) is 10.9. The van der Waals surface area contributed by atoms with Crippen molar-refractivity contribution in [3.63, 3.8) is 0 Å². The highest BCUT2D eigenvalue weighted by molar-refractivity contribution is 7.92. The van der Waals surface area contributed by atoms with Gasteiger partial charge in [0.2, 0.25) is 15.9 Å². The molecule has 0 unspecified atom stereocenters. The minimum atomic E-state index is -3.81. The van der Waals surface area contributed by atoms with Gasteiger partial charge in [-0.05, 0) is 54.2 Å². The number of carbonyl (C=O) groups excluding carboxylic acids is 1. The van der Waals surface area contributed by atoms with Crippen LogP contribution in [-0.2, 0) is 28.3 Å². The van der Waals surface area contributed by atoms with E-state index >= 15 is 8.78 Å². The lowest BCUT2D eigenvalue weighted by molar-refractivity contribution is -0.122. The van der Waals surface area contributed by atoms with Gasteiger partial charge in [-0.2, -0.15) is 13.9 Å². The van der Waals surface area contributed by atoms with Crippen molar-refractivity contribution in [1.82, 2.24) is 25.0 Å². The summed E-state index contributed by atoms with van der Waals surface area (Å²) >= 11 is 6.63. The van der Waals surface area contributed by atoms with Gasteiger partial charge in [-0.3, -0.25) is 24.6 Å². The maximum absolute atomic E-state index is 15.5. The van der Waals surface area contributed by atoms with Crippen LogP contribution in [0.2, 0.25) is 5.02 Å². The van der Waals surface area contributed by atoms with E-state index in [0.717, 1.165) is 35.9 Å². The van der Waals surface area contributed by atoms with E-state index in [9.17, 15) is 30.8 Å². The molecule has 0 bridgehead atoms. The Morgan fingerprint density at radius 1 is 1.05 bits per heavy atom. The molecule has 0 saturated heterocycles. The lowest BCUT2D eigenvalue weighted by Crippen LogP contribution is -2.42. The number of fused-ring (bicyclic) bond motifs is 2. The van der Waals surface area contributed by atoms with Crippen LogP contribution in [0, 0.1) is 28.9 Å². The number of amides is 1. The smallest absolute Gasteiger partial charge is 0.291 e. The summed E-state index contributed by atoms with van der Waals surface area (Å²) in [5, 5.41) is 15.4. The summed E-state index contributed by atoms with van der Waals surface area (Å²) in [6.07, 6.45) is -1.14. The molecule has 2 aliphatic carbocycles. The summed E-state index contributed by atoms with van der Waals surface area (Å²) in [7, 11) is -1.10. The second-order valence-corrected chi connectivity index (χ2v) is 16.3. The Kier molecular flexibility index (Phi) is 10.4. The second kappa shape index (κ2) is 14.8. The quantitative estimate of drug-likeness (QED) is 0.0822. The molecule has 1 saturated carbocycles. The predicted molar refractivity (Wildman–Crippen MR) is 204 cm³/mol. The number of nitrogens with zero attached hydrogens (tertiary/aromatic N) is 4. The minimum absolute atomic E-state index is 0.0545. The molecule has 1 amide bonds. The molecule has 2 aliphatic rings. The second-order valence-electron chi connectivity index (χ2n) is 14.2. The van der Waals surface area contributed by atoms with Crippen molar-refractivity contribution in [1.29, 1.82) is 5.41 Å². The van der Waals surface area contributed by atoms with Crippen LogP contribution in [0.25, 0.3) is 33.2 Å². The number of pyridine rings is 1. The summed E-state index contributed by atoms with van der Waals surface area (Å²) in [6.45, 7) is -0.761. The number of nitrogens with one attached hydrogen (secondary N) is 3. The van der Waals surface area contributed by atoms with Crippen LogP contribution in [-0.4, -0.2) is 71.9 Å². The fraction of sp³-hybridized carbons (Fsp3) is 0.282. The van der Waals surface area contributed by atoms with Gasteiger partial charge in [0, 0.05) is 54.5 Å². The van der Waals surface area contributed by atoms with Crippen molar-refractivity contribution in [3.05, 3.63) is 112 Å². The highest BCUT2D eigenvalue weighted by atomic mass is 35.5. The van der Waals surface area contributed by atoms with E-state index in [0.29, 0.717) is 28.3 Å². The molecule has 0 aliphatic heterocycles. The zero-order valence-corrected chi connectivity index (χ0v) is 32.0. The molecule has 3 atom stereocenters. The van der Waals surface area contributed by atoms with Crippen molar-refractivity contribution in [3.8, 4) is 22.3 Å². The molecule has 2 heterocycles. The molecule has 298 valence electrons. The zero-order valence-electron chi connectivity index (χ0n) is 30.4. The molecular weight excluding hydrogens is 796 g/mol. The van der Waals surface area contributed by atoms with Gasteiger partial charge < -0.3 is 10.2 Å². The first-order chi connectivity index (χ1) is 26.8. The molecule has 0 radical (unpaired) electrons. The van der Waals surface area contributed by atoms with E-state index in [4.69, 9.17) is 22.0 Å². The standard InChI is InChI=1S/C39H34ClF6N7O3S/c1-52(36-31(33(47)37(43)44)26-16-27(26)39(36,45)46)18-30(54)49-29(13-19-11-22(41)15-23(42)12-19)34-25(14-21(17-48-34)20-7-5-4-6-8-20)24-9-10-28(40)32-35(24)53(2)50-38(32)51-57(3,55)56/h4-12,14-15,17,26-27,29,37,47H,13,16,18H2,1-3H3,(H,49,54)(H,50,51)/t26-,27+,29-/m0/s1. The Morgan fingerprint density at radius 3 is 2.39 bits per heavy atom. The van der Waals surface area contributed by atoms with Crippen LogP contribution in [0.4, 0.5) is 32.2 Å². The van der Waals surface area contributed by atoms with Crippen LogP contribution in [0.5, 0.6) is 0 Å². The van der Waals surface area contributed by atoms with Gasteiger partial charge in [0.1, 0.15) is 17.3 Å². The first-order valence-electron chi connectivity index (χ1n) is 17.5. The number of halogens is 7. The fourth-order valence-corrected chi connectivity index (χ4v) is 8.40. The lowest BCUT2D eigenvalue weighted by Gasteiger charge is -2.29. The normalized spacial score (nSPS) is 17.8. The van der Waals surface area contributed by atoms with E-state index < -0.39 is 81.3 Å². The van der Waals surface area contributed by atoms with Gasteiger partial charge in [-0.15, -0.1) is 0 Å². The third-order valence-electron chi connectivity index (χ3n) is 10.0. The molecule has 57 heavy (non-hydrogen) atoms. The van der Waals surface area contributed by atoms with E-state index in [1.54, 1.807) is 19.2 Å². The van der Waals surface area contributed by atoms with Crippen LogP contribution < -0.4 is 10.0 Å². The van der Waals surface area contributed by atoms with Gasteiger partial charge in [-0.25, -0.2) is 26.0 Å². The van der Waals surface area contributed by atoms with Crippen LogP contribution >= 0.6 is 11.6 Å². The number of aromatic nitrogens is 3. The Morgan fingerprint density at radius 2 is 1.74 bits per heavy atom. The minimum Gasteiger partial charge on any atom is -0.363 e. The molecule has 10 nitrogen and oxygen atoms in total. The van der Waals surface area contributed by atoms with Gasteiger partial charge >= 0.3 is 0 Å². The van der Waals surface area contributed by atoms with Gasteiger partial charge in [0.05, 0.1) is 46.2 Å². The van der Waals surface area contributed by atoms with Crippen molar-refractivity contribution >= 4 is 50.0 Å². The molecule has 18 heteroatoms. The van der Waals surface area contributed by atoms with Crippen LogP contribution in [0.3, 0.4) is 0 Å². The van der Waals surface area contributed by atoms with Crippen LogP contribution in [0.1, 0.15) is 23.7 Å². The number of hydrogen-bond donors (Lipinski definition) is 3. The number of benzene rings is 3. The monoisotopic (exact) mass is 829 g/mol. The van der Waals surface area contributed by atoms with Crippen molar-refractivity contribution in [2.75, 3.05) is 24.6 Å². The molecule has 7 rings (SSSR count). The predicted octanol–water partition coefficient (Wildman–Crippen LogP) is 7.76. The zero-order chi connectivity index (χ0) is 41.1. The first kappa shape index (κ1) is 39.8. The maximum atomic E-state index is 15.5. The van der Waals surface area contributed by atoms with Crippen molar-refractivity contribution < 1.29 is 39.6 Å². The molecule has 2 aromatic heterocycles. The van der Waals surface area contributed by atoms with E-state index in [2.05, 4.69) is 15.1 Å². The molecule has 3 aromatic carbocycles. The van der Waals surface area contributed by atoms with Gasteiger partial charge in [0.15, 0.2) is 5.82 Å². The highest BCUT2D eigenvalue weighted by Crippen LogP contribution is 2.63.